The van der Waals surface area contributed by atoms with Gasteiger partial charge in [-0.1, -0.05) is 167 Å². The largest absolute Gasteiger partial charge is 0.457 e. The molecule has 0 aliphatic carbocycles. The number of carbonyl (C=O) groups excluding carboxylic acids is 1. The Labute approximate surface area is 392 Å². The lowest BCUT2D eigenvalue weighted by atomic mass is 9.98. The van der Waals surface area contributed by atoms with Crippen LogP contribution < -0.4 is 0 Å². The summed E-state index contributed by atoms with van der Waals surface area (Å²) in [5.74, 6) is -0.379. The van der Waals surface area contributed by atoms with Crippen LogP contribution in [0.25, 0.3) is 0 Å². The molecule has 0 radical (unpaired) electrons. The number of aliphatic hydroxyl groups excluding tert-OH is 7. The highest BCUT2D eigenvalue weighted by Gasteiger charge is 2.47. The molecule has 2 saturated heterocycles. The Morgan fingerprint density at radius 1 is 0.508 bits per heavy atom. The van der Waals surface area contributed by atoms with Crippen LogP contribution in [0.3, 0.4) is 0 Å². The summed E-state index contributed by atoms with van der Waals surface area (Å²) in [7, 11) is 0. The Morgan fingerprint density at radius 2 is 0.954 bits per heavy atom. The van der Waals surface area contributed by atoms with E-state index in [4.69, 9.17) is 28.4 Å². The lowest BCUT2D eigenvalue weighted by molar-refractivity contribution is -0.332. The summed E-state index contributed by atoms with van der Waals surface area (Å²) >= 11 is 0. The minimum Gasteiger partial charge on any atom is -0.457 e. The first-order chi connectivity index (χ1) is 31.6. The van der Waals surface area contributed by atoms with E-state index in [2.05, 4.69) is 38.2 Å². The third-order valence-electron chi connectivity index (χ3n) is 12.5. The fourth-order valence-electron chi connectivity index (χ4n) is 8.20. The molecule has 0 aromatic carbocycles. The van der Waals surface area contributed by atoms with E-state index in [9.17, 15) is 40.5 Å². The normalized spacial score (nSPS) is 26.7. The van der Waals surface area contributed by atoms with Gasteiger partial charge in [0.05, 0.1) is 26.4 Å². The van der Waals surface area contributed by atoms with Gasteiger partial charge >= 0.3 is 5.97 Å². The Balaban J connectivity index is 1.70. The minimum atomic E-state index is -1.70. The Hall–Kier alpha value is -1.53. The molecular formula is C51H94O14. The Bertz CT molecular complexity index is 1170. The van der Waals surface area contributed by atoms with Crippen LogP contribution in [0.15, 0.2) is 24.3 Å². The van der Waals surface area contributed by atoms with Crippen LogP contribution in [0.4, 0.5) is 0 Å². The number of aliphatic hydroxyl groups is 7. The van der Waals surface area contributed by atoms with Gasteiger partial charge in [-0.25, -0.2) is 0 Å². The zero-order valence-electron chi connectivity index (χ0n) is 40.5. The van der Waals surface area contributed by atoms with Crippen LogP contribution in [0, 0.1) is 0 Å². The molecule has 0 amide bonds. The monoisotopic (exact) mass is 931 g/mol. The van der Waals surface area contributed by atoms with Gasteiger partial charge in [-0.15, -0.1) is 0 Å². The van der Waals surface area contributed by atoms with E-state index < -0.39 is 80.7 Å². The highest BCUT2D eigenvalue weighted by molar-refractivity contribution is 5.69. The third kappa shape index (κ3) is 27.3. The second-order valence-electron chi connectivity index (χ2n) is 18.3. The summed E-state index contributed by atoms with van der Waals surface area (Å²) in [6.45, 7) is 3.66. The molecule has 14 nitrogen and oxygen atoms in total. The van der Waals surface area contributed by atoms with E-state index in [-0.39, 0.29) is 25.6 Å². The first-order valence-corrected chi connectivity index (χ1v) is 25.9. The molecule has 2 rings (SSSR count). The molecule has 0 bridgehead atoms. The highest BCUT2D eigenvalue weighted by Crippen LogP contribution is 2.26. The van der Waals surface area contributed by atoms with E-state index >= 15 is 0 Å². The van der Waals surface area contributed by atoms with Crippen LogP contribution in [0.2, 0.25) is 0 Å². The fraction of sp³-hybridized carbons (Fsp3) is 0.902. The van der Waals surface area contributed by atoms with Gasteiger partial charge in [0.15, 0.2) is 12.6 Å². The summed E-state index contributed by atoms with van der Waals surface area (Å²) in [5.41, 5.74) is 0. The number of rotatable bonds is 41. The first kappa shape index (κ1) is 59.6. The van der Waals surface area contributed by atoms with Gasteiger partial charge in [0, 0.05) is 13.0 Å². The molecule has 7 N–H and O–H groups in total. The van der Waals surface area contributed by atoms with Crippen LogP contribution in [0.5, 0.6) is 0 Å². The third-order valence-corrected chi connectivity index (χ3v) is 12.5. The van der Waals surface area contributed by atoms with Gasteiger partial charge in [0.25, 0.3) is 0 Å². The quantitative estimate of drug-likeness (QED) is 0.0179. The summed E-state index contributed by atoms with van der Waals surface area (Å²) < 4.78 is 34.2. The molecule has 11 unspecified atom stereocenters. The first-order valence-electron chi connectivity index (χ1n) is 25.9. The number of esters is 1. The van der Waals surface area contributed by atoms with Crippen molar-refractivity contribution in [2.24, 2.45) is 0 Å². The summed E-state index contributed by atoms with van der Waals surface area (Å²) in [6.07, 6.45) is 25.4. The second kappa shape index (κ2) is 39.3. The number of allylic oxidation sites excluding steroid dienone is 4. The predicted molar refractivity (Wildman–Crippen MR) is 252 cm³/mol. The number of carbonyl (C=O) groups is 1. The number of ether oxygens (including phenoxy) is 6. The predicted octanol–water partition coefficient (Wildman–Crippen LogP) is 7.63. The average molecular weight is 931 g/mol. The molecule has 14 heteroatoms. The number of hydrogen-bond donors (Lipinski definition) is 7. The lowest BCUT2D eigenvalue weighted by Gasteiger charge is -2.42. The number of unbranched alkanes of at least 4 members (excludes halogenated alkanes) is 23. The number of hydrogen-bond acceptors (Lipinski definition) is 14. The van der Waals surface area contributed by atoms with Crippen molar-refractivity contribution < 1.29 is 69.0 Å². The highest BCUT2D eigenvalue weighted by atomic mass is 16.7. The molecule has 11 atom stereocenters. The Morgan fingerprint density at radius 3 is 1.48 bits per heavy atom. The van der Waals surface area contributed by atoms with Gasteiger partial charge in [-0.3, -0.25) is 4.79 Å². The molecule has 382 valence electrons. The molecule has 0 spiro atoms. The van der Waals surface area contributed by atoms with Crippen molar-refractivity contribution in [1.29, 1.82) is 0 Å². The van der Waals surface area contributed by atoms with Gasteiger partial charge in [-0.05, 0) is 44.9 Å². The van der Waals surface area contributed by atoms with Crippen LogP contribution in [0.1, 0.15) is 194 Å². The van der Waals surface area contributed by atoms with Crippen molar-refractivity contribution in [2.45, 2.75) is 261 Å². The topological polar surface area (TPSA) is 214 Å². The van der Waals surface area contributed by atoms with Gasteiger partial charge < -0.3 is 64.2 Å². The van der Waals surface area contributed by atoms with Crippen LogP contribution in [-0.4, -0.2) is 142 Å². The van der Waals surface area contributed by atoms with Crippen LogP contribution in [-0.2, 0) is 33.2 Å². The van der Waals surface area contributed by atoms with E-state index in [1.54, 1.807) is 0 Å². The molecule has 2 heterocycles. The maximum absolute atomic E-state index is 12.9. The Kier molecular flexibility index (Phi) is 36.1. The zero-order chi connectivity index (χ0) is 47.3. The SMILES string of the molecule is CCCCCCC/C=C\C/C=C\CCCCCCCCCCCCOCC(COC1OC(COC2OC(CO)C(O)C(O)C2O)C(O)C(O)C1O)OC(=O)CCCCCCCCCCC. The maximum Gasteiger partial charge on any atom is 0.306 e. The average Bonchev–Trinajstić information content (AvgIpc) is 3.30. The van der Waals surface area contributed by atoms with Crippen molar-refractivity contribution >= 4 is 5.97 Å². The zero-order valence-corrected chi connectivity index (χ0v) is 40.5. The molecule has 0 saturated carbocycles. The molecule has 2 aliphatic rings. The minimum absolute atomic E-state index is 0.0627. The van der Waals surface area contributed by atoms with Crippen molar-refractivity contribution in [2.75, 3.05) is 33.0 Å². The van der Waals surface area contributed by atoms with E-state index in [0.717, 1.165) is 44.9 Å². The van der Waals surface area contributed by atoms with Crippen molar-refractivity contribution in [1.82, 2.24) is 0 Å². The van der Waals surface area contributed by atoms with E-state index in [0.29, 0.717) is 13.0 Å². The molecule has 2 aliphatic heterocycles. The van der Waals surface area contributed by atoms with E-state index in [1.807, 2.05) is 0 Å². The maximum atomic E-state index is 12.9. The van der Waals surface area contributed by atoms with Crippen LogP contribution >= 0.6 is 0 Å². The van der Waals surface area contributed by atoms with Gasteiger partial charge in [-0.2, -0.15) is 0 Å². The summed E-state index contributed by atoms with van der Waals surface area (Å²) in [4.78, 5) is 12.9. The van der Waals surface area contributed by atoms with Crippen molar-refractivity contribution in [3.05, 3.63) is 24.3 Å². The molecular weight excluding hydrogens is 837 g/mol. The van der Waals surface area contributed by atoms with Gasteiger partial charge in [0.2, 0.25) is 0 Å². The molecule has 65 heavy (non-hydrogen) atoms. The standard InChI is InChI=1S/C51H94O14/c1-3-5-7-9-11-13-14-15-16-17-18-19-20-21-22-23-24-25-27-29-31-33-35-60-37-40(63-43(53)34-32-30-28-26-12-10-8-6-4-2)38-61-50-49(59)47(57)45(55)42(65-50)39-62-51-48(58)46(56)44(54)41(36-52)64-51/h14-15,17-18,40-42,44-52,54-59H,3-13,16,19-39H2,1-2H3/b15-14-,18-17-. The lowest BCUT2D eigenvalue weighted by Crippen LogP contribution is -2.61. The van der Waals surface area contributed by atoms with Crippen molar-refractivity contribution in [3.63, 3.8) is 0 Å². The van der Waals surface area contributed by atoms with Gasteiger partial charge in [0.1, 0.15) is 54.9 Å². The van der Waals surface area contributed by atoms with Crippen molar-refractivity contribution in [3.8, 4) is 0 Å². The summed E-state index contributed by atoms with van der Waals surface area (Å²) in [6, 6.07) is 0. The molecule has 2 fully saturated rings. The smallest absolute Gasteiger partial charge is 0.306 e. The molecule has 0 aromatic heterocycles. The second-order valence-corrected chi connectivity index (χ2v) is 18.3. The van der Waals surface area contributed by atoms with E-state index in [1.165, 1.54) is 122 Å². The molecule has 0 aromatic rings. The summed E-state index contributed by atoms with van der Waals surface area (Å²) in [5, 5.41) is 72.0. The fourth-order valence-corrected chi connectivity index (χ4v) is 8.20.